The minimum absolute atomic E-state index is 0.0727. The summed E-state index contributed by atoms with van der Waals surface area (Å²) in [5, 5.41) is 9.06. The van der Waals surface area contributed by atoms with E-state index in [1.807, 2.05) is 30.1 Å². The molecule has 0 aliphatic heterocycles. The highest BCUT2D eigenvalue weighted by Crippen LogP contribution is 2.37. The number of carbonyl (C=O) groups is 1. The Labute approximate surface area is 201 Å². The summed E-state index contributed by atoms with van der Waals surface area (Å²) in [6.45, 7) is 1.11. The number of benzene rings is 2. The predicted octanol–water partition coefficient (Wildman–Crippen LogP) is 5.57. The number of aliphatic carboxylic acids is 1. The van der Waals surface area contributed by atoms with Crippen LogP contribution in [0.5, 0.6) is 5.75 Å². The average molecular weight is 486 g/mol. The Kier molecular flexibility index (Phi) is 7.23. The predicted molar refractivity (Wildman–Crippen MR) is 126 cm³/mol. The molecule has 0 fully saturated rings. The van der Waals surface area contributed by atoms with Crippen molar-refractivity contribution >= 4 is 11.9 Å². The van der Waals surface area contributed by atoms with Crippen LogP contribution in [0.1, 0.15) is 41.9 Å². The Morgan fingerprint density at radius 3 is 2.66 bits per heavy atom. The van der Waals surface area contributed by atoms with Gasteiger partial charge in [0.25, 0.3) is 0 Å². The van der Waals surface area contributed by atoms with E-state index in [0.717, 1.165) is 41.9 Å². The van der Waals surface area contributed by atoms with Gasteiger partial charge in [-0.1, -0.05) is 18.2 Å². The molecule has 4 rings (SSSR count). The van der Waals surface area contributed by atoms with Crippen LogP contribution in [0, 0.1) is 0 Å². The van der Waals surface area contributed by atoms with Crippen molar-refractivity contribution in [3.8, 4) is 17.0 Å². The number of hydrogen-bond donors (Lipinski definition) is 1. The number of halogens is 3. The zero-order chi connectivity index (χ0) is 25.0. The molecule has 3 aromatic rings. The molecule has 0 spiro atoms. The molecule has 1 aromatic heterocycles. The summed E-state index contributed by atoms with van der Waals surface area (Å²) < 4.78 is 44.3. The first-order valence-electron chi connectivity index (χ1n) is 11.4. The highest BCUT2D eigenvalue weighted by atomic mass is 19.4. The number of anilines is 1. The number of carboxylic acid groups (broad SMARTS) is 1. The summed E-state index contributed by atoms with van der Waals surface area (Å²) in [5.74, 6) is 0.539. The molecule has 9 heteroatoms. The lowest BCUT2D eigenvalue weighted by molar-refractivity contribution is -0.138. The number of hydrogen-bond acceptors (Lipinski definition) is 5. The molecule has 35 heavy (non-hydrogen) atoms. The van der Waals surface area contributed by atoms with Gasteiger partial charge in [-0.2, -0.15) is 13.2 Å². The first-order valence-corrected chi connectivity index (χ1v) is 11.4. The SMILES string of the molecule is CN(CCCOc1ccc2c(c1)CC[C@H]2CC(=O)O)c1nccc(-c2ccc(C(F)(F)F)cc2)n1. The molecule has 1 aliphatic rings. The summed E-state index contributed by atoms with van der Waals surface area (Å²) in [7, 11) is 1.85. The molecule has 0 saturated heterocycles. The van der Waals surface area contributed by atoms with E-state index in [-0.39, 0.29) is 12.3 Å². The monoisotopic (exact) mass is 485 g/mol. The van der Waals surface area contributed by atoms with Crippen LogP contribution >= 0.6 is 0 Å². The van der Waals surface area contributed by atoms with Crippen molar-refractivity contribution in [2.45, 2.75) is 37.8 Å². The van der Waals surface area contributed by atoms with Crippen LogP contribution in [-0.4, -0.2) is 41.2 Å². The lowest BCUT2D eigenvalue weighted by atomic mass is 9.98. The van der Waals surface area contributed by atoms with Crippen LogP contribution in [0.25, 0.3) is 11.3 Å². The Bertz CT molecular complexity index is 1180. The van der Waals surface area contributed by atoms with E-state index in [9.17, 15) is 18.0 Å². The van der Waals surface area contributed by atoms with Gasteiger partial charge in [0.2, 0.25) is 5.95 Å². The maximum absolute atomic E-state index is 12.8. The number of nitrogens with zero attached hydrogens (tertiary/aromatic N) is 3. The van der Waals surface area contributed by atoms with Gasteiger partial charge in [0.15, 0.2) is 0 Å². The van der Waals surface area contributed by atoms with Crippen molar-refractivity contribution in [3.63, 3.8) is 0 Å². The quantitative estimate of drug-likeness (QED) is 0.399. The minimum atomic E-state index is -4.37. The second-order valence-electron chi connectivity index (χ2n) is 8.63. The van der Waals surface area contributed by atoms with E-state index >= 15 is 0 Å². The summed E-state index contributed by atoms with van der Waals surface area (Å²) in [5.41, 5.74) is 2.69. The number of carboxylic acids is 1. The topological polar surface area (TPSA) is 75.5 Å². The van der Waals surface area contributed by atoms with Crippen molar-refractivity contribution < 1.29 is 27.8 Å². The number of alkyl halides is 3. The van der Waals surface area contributed by atoms with Gasteiger partial charge < -0.3 is 14.7 Å². The number of aryl methyl sites for hydroxylation is 1. The summed E-state index contributed by atoms with van der Waals surface area (Å²) in [4.78, 5) is 21.7. The van der Waals surface area contributed by atoms with Crippen LogP contribution in [0.4, 0.5) is 19.1 Å². The van der Waals surface area contributed by atoms with Crippen molar-refractivity contribution in [1.82, 2.24) is 9.97 Å². The number of ether oxygens (including phenoxy) is 1. The van der Waals surface area contributed by atoms with Gasteiger partial charge in [0.1, 0.15) is 5.75 Å². The van der Waals surface area contributed by atoms with Gasteiger partial charge in [0, 0.05) is 25.4 Å². The highest BCUT2D eigenvalue weighted by Gasteiger charge is 2.30. The second-order valence-corrected chi connectivity index (χ2v) is 8.63. The molecule has 1 atom stereocenters. The standard InChI is InChI=1S/C26H26F3N3O3/c1-32(25-30-12-11-23(31-25)17-5-7-20(8-6-17)26(27,28)29)13-2-14-35-21-9-10-22-18(15-21)3-4-19(22)16-24(33)34/h5-12,15,19H,2-4,13-14,16H2,1H3,(H,33,34)/t19-/m0/s1. The van der Waals surface area contributed by atoms with E-state index in [1.165, 1.54) is 12.1 Å². The Balaban J connectivity index is 1.30. The van der Waals surface area contributed by atoms with Crippen molar-refractivity contribution in [2.75, 3.05) is 25.1 Å². The zero-order valence-electron chi connectivity index (χ0n) is 19.3. The highest BCUT2D eigenvalue weighted by molar-refractivity contribution is 5.68. The van der Waals surface area contributed by atoms with Crippen LogP contribution < -0.4 is 9.64 Å². The molecule has 6 nitrogen and oxygen atoms in total. The lowest BCUT2D eigenvalue weighted by Gasteiger charge is -2.18. The maximum atomic E-state index is 12.8. The van der Waals surface area contributed by atoms with Crippen LogP contribution in [0.2, 0.25) is 0 Å². The first kappa shape index (κ1) is 24.5. The average Bonchev–Trinajstić information content (AvgIpc) is 3.22. The molecular weight excluding hydrogens is 459 g/mol. The Hall–Kier alpha value is -3.62. The van der Waals surface area contributed by atoms with E-state index in [0.29, 0.717) is 36.8 Å². The minimum Gasteiger partial charge on any atom is -0.494 e. The third-order valence-electron chi connectivity index (χ3n) is 6.14. The van der Waals surface area contributed by atoms with Gasteiger partial charge in [-0.15, -0.1) is 0 Å². The van der Waals surface area contributed by atoms with Crippen molar-refractivity contribution in [3.05, 3.63) is 71.4 Å². The molecule has 2 aromatic carbocycles. The lowest BCUT2D eigenvalue weighted by Crippen LogP contribution is -2.22. The Morgan fingerprint density at radius 2 is 1.94 bits per heavy atom. The summed E-state index contributed by atoms with van der Waals surface area (Å²) in [6, 6.07) is 12.4. The smallest absolute Gasteiger partial charge is 0.416 e. The third-order valence-corrected chi connectivity index (χ3v) is 6.14. The largest absolute Gasteiger partial charge is 0.494 e. The fraction of sp³-hybridized carbons (Fsp3) is 0.346. The van der Waals surface area contributed by atoms with Gasteiger partial charge in [-0.25, -0.2) is 9.97 Å². The first-order chi connectivity index (χ1) is 16.7. The molecule has 184 valence electrons. The summed E-state index contributed by atoms with van der Waals surface area (Å²) >= 11 is 0. The molecular formula is C26H26F3N3O3. The van der Waals surface area contributed by atoms with E-state index in [2.05, 4.69) is 9.97 Å². The van der Waals surface area contributed by atoms with Crippen LogP contribution in [-0.2, 0) is 17.4 Å². The van der Waals surface area contributed by atoms with Crippen LogP contribution in [0.3, 0.4) is 0 Å². The van der Waals surface area contributed by atoms with Gasteiger partial charge in [0.05, 0.1) is 24.3 Å². The van der Waals surface area contributed by atoms with E-state index in [1.54, 1.807) is 12.3 Å². The van der Waals surface area contributed by atoms with Crippen LogP contribution in [0.15, 0.2) is 54.7 Å². The third kappa shape index (κ3) is 6.09. The van der Waals surface area contributed by atoms with Crippen molar-refractivity contribution in [1.29, 1.82) is 0 Å². The molecule has 1 N–H and O–H groups in total. The number of aromatic nitrogens is 2. The molecule has 0 bridgehead atoms. The number of rotatable bonds is 9. The fourth-order valence-corrected chi connectivity index (χ4v) is 4.31. The molecule has 0 amide bonds. The van der Waals surface area contributed by atoms with E-state index < -0.39 is 17.7 Å². The molecule has 0 unspecified atom stereocenters. The molecule has 0 radical (unpaired) electrons. The van der Waals surface area contributed by atoms with Gasteiger partial charge in [-0.05, 0) is 66.6 Å². The fourth-order valence-electron chi connectivity index (χ4n) is 4.31. The maximum Gasteiger partial charge on any atom is 0.416 e. The zero-order valence-corrected chi connectivity index (χ0v) is 19.3. The second kappa shape index (κ2) is 10.3. The molecule has 1 aliphatic carbocycles. The number of fused-ring (bicyclic) bond motifs is 1. The van der Waals surface area contributed by atoms with Crippen molar-refractivity contribution in [2.24, 2.45) is 0 Å². The van der Waals surface area contributed by atoms with E-state index in [4.69, 9.17) is 9.84 Å². The Morgan fingerprint density at radius 1 is 1.17 bits per heavy atom. The van der Waals surface area contributed by atoms with Gasteiger partial charge >= 0.3 is 12.1 Å². The van der Waals surface area contributed by atoms with Gasteiger partial charge in [-0.3, -0.25) is 4.79 Å². The summed E-state index contributed by atoms with van der Waals surface area (Å²) in [6.07, 6.45) is -0.212. The normalized spacial score (nSPS) is 15.0. The molecule has 0 saturated carbocycles. The molecule has 1 heterocycles.